The van der Waals surface area contributed by atoms with Crippen LogP contribution in [0.2, 0.25) is 0 Å². The van der Waals surface area contributed by atoms with Gasteiger partial charge < -0.3 is 10.5 Å². The molecule has 0 saturated carbocycles. The number of hydrogen-bond acceptors (Lipinski definition) is 3. The lowest BCUT2D eigenvalue weighted by molar-refractivity contribution is -0.123. The van der Waals surface area contributed by atoms with E-state index in [0.717, 1.165) is 19.3 Å². The van der Waals surface area contributed by atoms with E-state index >= 15 is 0 Å². The second-order valence-electron chi connectivity index (χ2n) is 5.35. The van der Waals surface area contributed by atoms with Crippen LogP contribution in [0.4, 0.5) is 0 Å². The topological polar surface area (TPSA) is 52.3 Å². The van der Waals surface area contributed by atoms with Gasteiger partial charge >= 0.3 is 0 Å². The number of nitrogens with two attached hydrogens (primary N) is 1. The molecular formula is C13H27NO2. The molecule has 0 fully saturated rings. The Kier molecular flexibility index (Phi) is 7.60. The summed E-state index contributed by atoms with van der Waals surface area (Å²) < 4.78 is 4.98. The minimum absolute atomic E-state index is 0.119. The van der Waals surface area contributed by atoms with E-state index in [1.807, 2.05) is 6.92 Å². The molecular weight excluding hydrogens is 202 g/mol. The number of rotatable bonds is 9. The molecule has 3 nitrogen and oxygen atoms in total. The first-order chi connectivity index (χ1) is 7.43. The number of carbonyl (C=O) groups is 1. The molecule has 0 aromatic carbocycles. The molecule has 0 aliphatic heterocycles. The van der Waals surface area contributed by atoms with E-state index < -0.39 is 0 Å². The number of ether oxygens (including phenoxy) is 1. The minimum Gasteiger partial charge on any atom is -0.385 e. The molecule has 1 unspecified atom stereocenters. The highest BCUT2D eigenvalue weighted by atomic mass is 16.5. The van der Waals surface area contributed by atoms with Gasteiger partial charge in [-0.2, -0.15) is 0 Å². The Hall–Kier alpha value is -0.410. The van der Waals surface area contributed by atoms with Gasteiger partial charge in [-0.25, -0.2) is 0 Å². The van der Waals surface area contributed by atoms with Gasteiger partial charge in [-0.05, 0) is 31.2 Å². The lowest BCUT2D eigenvalue weighted by atomic mass is 9.82. The molecule has 0 aromatic heterocycles. The fourth-order valence-corrected chi connectivity index (χ4v) is 1.68. The van der Waals surface area contributed by atoms with Crippen LogP contribution in [0.5, 0.6) is 0 Å². The Morgan fingerprint density at radius 3 is 2.50 bits per heavy atom. The first kappa shape index (κ1) is 15.6. The van der Waals surface area contributed by atoms with Crippen molar-refractivity contribution >= 4 is 5.78 Å². The van der Waals surface area contributed by atoms with Crippen LogP contribution in [0.15, 0.2) is 0 Å². The third-order valence-corrected chi connectivity index (χ3v) is 3.17. The first-order valence-corrected chi connectivity index (χ1v) is 6.14. The van der Waals surface area contributed by atoms with Crippen LogP contribution in [-0.2, 0) is 9.53 Å². The van der Waals surface area contributed by atoms with Crippen molar-refractivity contribution in [2.45, 2.75) is 46.5 Å². The summed E-state index contributed by atoms with van der Waals surface area (Å²) in [5.41, 5.74) is 5.73. The van der Waals surface area contributed by atoms with Crippen molar-refractivity contribution in [2.75, 3.05) is 20.3 Å². The van der Waals surface area contributed by atoms with Crippen LogP contribution in [0.3, 0.4) is 0 Å². The highest BCUT2D eigenvalue weighted by Crippen LogP contribution is 2.26. The Labute approximate surface area is 99.7 Å². The number of ketones is 1. The predicted molar refractivity (Wildman–Crippen MR) is 67.4 cm³/mol. The van der Waals surface area contributed by atoms with E-state index in [-0.39, 0.29) is 11.3 Å². The zero-order chi connectivity index (χ0) is 12.6. The van der Waals surface area contributed by atoms with Crippen LogP contribution in [0.25, 0.3) is 0 Å². The average molecular weight is 229 g/mol. The predicted octanol–water partition coefficient (Wildman–Crippen LogP) is 2.38. The molecule has 2 N–H and O–H groups in total. The van der Waals surface area contributed by atoms with Crippen LogP contribution in [0.1, 0.15) is 46.5 Å². The molecule has 0 amide bonds. The van der Waals surface area contributed by atoms with Gasteiger partial charge in [-0.1, -0.05) is 20.8 Å². The zero-order valence-corrected chi connectivity index (χ0v) is 11.2. The van der Waals surface area contributed by atoms with Gasteiger partial charge in [-0.3, -0.25) is 4.79 Å². The SMILES string of the molecule is COCCC(C)C(=O)CCC(C)(C)CCN. The molecule has 0 aliphatic rings. The van der Waals surface area contributed by atoms with Crippen molar-refractivity contribution in [3.63, 3.8) is 0 Å². The van der Waals surface area contributed by atoms with E-state index in [1.165, 1.54) is 0 Å². The molecule has 0 heterocycles. The number of carbonyl (C=O) groups excluding carboxylic acids is 1. The van der Waals surface area contributed by atoms with Crippen LogP contribution in [0, 0.1) is 11.3 Å². The standard InChI is InChI=1S/C13H27NO2/c1-11(6-10-16-4)12(15)5-7-13(2,3)8-9-14/h11H,5-10,14H2,1-4H3. The summed E-state index contributed by atoms with van der Waals surface area (Å²) in [6, 6.07) is 0. The third kappa shape index (κ3) is 6.96. The van der Waals surface area contributed by atoms with Gasteiger partial charge in [0.1, 0.15) is 5.78 Å². The summed E-state index contributed by atoms with van der Waals surface area (Å²) in [7, 11) is 1.67. The lowest BCUT2D eigenvalue weighted by Gasteiger charge is -2.24. The highest BCUT2D eigenvalue weighted by Gasteiger charge is 2.20. The van der Waals surface area contributed by atoms with Crippen LogP contribution >= 0.6 is 0 Å². The third-order valence-electron chi connectivity index (χ3n) is 3.17. The van der Waals surface area contributed by atoms with Crippen LogP contribution < -0.4 is 5.73 Å². The monoisotopic (exact) mass is 229 g/mol. The van der Waals surface area contributed by atoms with Crippen molar-refractivity contribution in [3.05, 3.63) is 0 Å². The zero-order valence-electron chi connectivity index (χ0n) is 11.2. The normalized spacial score (nSPS) is 13.8. The Bertz CT molecular complexity index is 202. The fourth-order valence-electron chi connectivity index (χ4n) is 1.68. The highest BCUT2D eigenvalue weighted by molar-refractivity contribution is 5.80. The fraction of sp³-hybridized carbons (Fsp3) is 0.923. The number of hydrogen-bond donors (Lipinski definition) is 1. The second kappa shape index (κ2) is 7.80. The lowest BCUT2D eigenvalue weighted by Crippen LogP contribution is -2.20. The molecule has 0 rings (SSSR count). The van der Waals surface area contributed by atoms with E-state index in [4.69, 9.17) is 10.5 Å². The number of methoxy groups -OCH3 is 1. The molecule has 0 aliphatic carbocycles. The van der Waals surface area contributed by atoms with Gasteiger partial charge in [0.15, 0.2) is 0 Å². The molecule has 1 atom stereocenters. The van der Waals surface area contributed by atoms with Gasteiger partial charge in [0.2, 0.25) is 0 Å². The summed E-state index contributed by atoms with van der Waals surface area (Å²) in [5, 5.41) is 0. The summed E-state index contributed by atoms with van der Waals surface area (Å²) in [4.78, 5) is 11.8. The van der Waals surface area contributed by atoms with Crippen LogP contribution in [-0.4, -0.2) is 26.0 Å². The van der Waals surface area contributed by atoms with E-state index in [2.05, 4.69) is 13.8 Å². The molecule has 3 heteroatoms. The molecule has 16 heavy (non-hydrogen) atoms. The van der Waals surface area contributed by atoms with Crippen molar-refractivity contribution in [1.29, 1.82) is 0 Å². The second-order valence-corrected chi connectivity index (χ2v) is 5.35. The Balaban J connectivity index is 3.87. The quantitative estimate of drug-likeness (QED) is 0.660. The summed E-state index contributed by atoms with van der Waals surface area (Å²) in [6.45, 7) is 7.69. The maximum atomic E-state index is 11.8. The molecule has 0 saturated heterocycles. The summed E-state index contributed by atoms with van der Waals surface area (Å²) in [5.74, 6) is 0.468. The van der Waals surface area contributed by atoms with Gasteiger partial charge in [0.25, 0.3) is 0 Å². The summed E-state index contributed by atoms with van der Waals surface area (Å²) in [6.07, 6.45) is 3.40. The smallest absolute Gasteiger partial charge is 0.135 e. The molecule has 0 spiro atoms. The van der Waals surface area contributed by atoms with Crippen molar-refractivity contribution < 1.29 is 9.53 Å². The summed E-state index contributed by atoms with van der Waals surface area (Å²) >= 11 is 0. The van der Waals surface area contributed by atoms with Gasteiger partial charge in [0, 0.05) is 26.1 Å². The van der Waals surface area contributed by atoms with E-state index in [1.54, 1.807) is 7.11 Å². The minimum atomic E-state index is 0.119. The molecule has 0 bridgehead atoms. The van der Waals surface area contributed by atoms with Gasteiger partial charge in [-0.15, -0.1) is 0 Å². The van der Waals surface area contributed by atoms with E-state index in [9.17, 15) is 4.79 Å². The maximum absolute atomic E-state index is 11.8. The Morgan fingerprint density at radius 1 is 1.38 bits per heavy atom. The average Bonchev–Trinajstić information content (AvgIpc) is 2.22. The van der Waals surface area contributed by atoms with Crippen molar-refractivity contribution in [2.24, 2.45) is 17.1 Å². The van der Waals surface area contributed by atoms with Gasteiger partial charge in [0.05, 0.1) is 0 Å². The Morgan fingerprint density at radius 2 is 2.00 bits per heavy atom. The molecule has 0 radical (unpaired) electrons. The maximum Gasteiger partial charge on any atom is 0.135 e. The molecule has 0 aromatic rings. The van der Waals surface area contributed by atoms with Crippen molar-refractivity contribution in [1.82, 2.24) is 0 Å². The van der Waals surface area contributed by atoms with E-state index in [0.29, 0.717) is 25.4 Å². The number of Topliss-reactive ketones (excluding diaryl/α,β-unsaturated/α-hetero) is 1. The molecule has 96 valence electrons. The first-order valence-electron chi connectivity index (χ1n) is 6.14. The van der Waals surface area contributed by atoms with Crippen molar-refractivity contribution in [3.8, 4) is 0 Å². The largest absolute Gasteiger partial charge is 0.385 e.